The summed E-state index contributed by atoms with van der Waals surface area (Å²) < 4.78 is 0. The van der Waals surface area contributed by atoms with Crippen LogP contribution in [0.3, 0.4) is 0 Å². The molecule has 12 nitrogen and oxygen atoms in total. The molecule has 0 saturated carbocycles. The van der Waals surface area contributed by atoms with Crippen molar-refractivity contribution in [1.29, 1.82) is 0 Å². The Morgan fingerprint density at radius 1 is 0.932 bits per heavy atom. The zero-order valence-electron chi connectivity index (χ0n) is 34.3. The van der Waals surface area contributed by atoms with E-state index in [0.29, 0.717) is 17.2 Å². The molecule has 2 saturated heterocycles. The summed E-state index contributed by atoms with van der Waals surface area (Å²) in [7, 11) is 0. The van der Waals surface area contributed by atoms with Crippen LogP contribution in [0.25, 0.3) is 32.8 Å². The second-order valence-electron chi connectivity index (χ2n) is 16.9. The Hall–Kier alpha value is -5.50. The van der Waals surface area contributed by atoms with E-state index in [2.05, 4.69) is 42.8 Å². The number of aliphatic hydroxyl groups excluding tert-OH is 1. The molecule has 3 aromatic carbocycles. The lowest BCUT2D eigenvalue weighted by Crippen LogP contribution is -2.59. The molecule has 59 heavy (non-hydrogen) atoms. The number of nitrogens with one attached hydrogen (secondary N) is 2. The molecule has 13 heteroatoms. The van der Waals surface area contributed by atoms with Crippen molar-refractivity contribution in [1.82, 2.24) is 35.6 Å². The summed E-state index contributed by atoms with van der Waals surface area (Å²) >= 11 is 1.58. The largest absolute Gasteiger partial charge is 0.507 e. The predicted molar refractivity (Wildman–Crippen MR) is 229 cm³/mol. The first kappa shape index (κ1) is 41.7. The van der Waals surface area contributed by atoms with E-state index >= 15 is 0 Å². The molecule has 2 aliphatic rings. The summed E-state index contributed by atoms with van der Waals surface area (Å²) in [4.78, 5) is 50.6. The SMILES string of the molecule is Cc1ncsc1-c1ccc([C@H](C)NC(=O)[C@@H]2C[C@@H](O)CN2C(=O)C(NC(=O)CN2CCC(c3cccc(-c4cnnc(-c5ccccc5O)c4)c3)CC2)C(C)(C)C)cc1. The van der Waals surface area contributed by atoms with Crippen LogP contribution in [0, 0.1) is 12.3 Å². The monoisotopic (exact) mass is 815 g/mol. The fourth-order valence-electron chi connectivity index (χ4n) is 8.17. The fraction of sp³-hybridized carbons (Fsp3) is 0.391. The van der Waals surface area contributed by atoms with E-state index in [1.807, 2.05) is 94.7 Å². The number of carbonyl (C=O) groups excluding carboxylic acids is 3. The maximum atomic E-state index is 14.2. The van der Waals surface area contributed by atoms with Gasteiger partial charge in [0.25, 0.3) is 0 Å². The lowest BCUT2D eigenvalue weighted by Gasteiger charge is -2.36. The predicted octanol–water partition coefficient (Wildman–Crippen LogP) is 6.50. The molecule has 4 heterocycles. The molecule has 308 valence electrons. The number of benzene rings is 3. The molecule has 3 amide bonds. The number of phenols is 1. The van der Waals surface area contributed by atoms with Crippen molar-refractivity contribution in [2.75, 3.05) is 26.2 Å². The first-order valence-electron chi connectivity index (χ1n) is 20.3. The molecule has 5 aromatic rings. The van der Waals surface area contributed by atoms with Gasteiger partial charge in [-0.15, -0.1) is 11.3 Å². The summed E-state index contributed by atoms with van der Waals surface area (Å²) in [5, 5.41) is 35.6. The number of thiazole rings is 1. The highest BCUT2D eigenvalue weighted by Gasteiger charge is 2.45. The number of phenolic OH excluding ortho intramolecular Hbond substituents is 1. The van der Waals surface area contributed by atoms with Gasteiger partial charge in [0.15, 0.2) is 0 Å². The Kier molecular flexibility index (Phi) is 12.6. The minimum atomic E-state index is -0.898. The zero-order chi connectivity index (χ0) is 41.8. The number of aromatic nitrogens is 3. The third kappa shape index (κ3) is 9.70. The van der Waals surface area contributed by atoms with Crippen LogP contribution in [0.15, 0.2) is 90.6 Å². The number of nitrogens with zero attached hydrogens (tertiary/aromatic N) is 5. The van der Waals surface area contributed by atoms with Crippen molar-refractivity contribution in [3.8, 4) is 38.6 Å². The average Bonchev–Trinajstić information content (AvgIpc) is 3.85. The molecule has 1 unspecified atom stereocenters. The summed E-state index contributed by atoms with van der Waals surface area (Å²) in [6.07, 6.45) is 2.73. The Balaban J connectivity index is 0.943. The molecule has 0 aliphatic carbocycles. The number of para-hydroxylation sites is 1. The molecule has 0 spiro atoms. The van der Waals surface area contributed by atoms with Crippen LogP contribution in [0.2, 0.25) is 0 Å². The van der Waals surface area contributed by atoms with Gasteiger partial charge in [-0.25, -0.2) is 4.98 Å². The lowest BCUT2D eigenvalue weighted by molar-refractivity contribution is -0.144. The quantitative estimate of drug-likeness (QED) is 0.117. The first-order chi connectivity index (χ1) is 28.2. The van der Waals surface area contributed by atoms with Gasteiger partial charge >= 0.3 is 0 Å². The standard InChI is InChI=1S/C46H53N7O5S/c1-28(30-13-15-32(16-14-30)42-29(2)47-27-59-42)49-44(57)39-23-36(54)25-53(39)45(58)43(46(3,4)5)50-41(56)26-52-19-17-31(18-20-52)33-9-8-10-34(21-33)35-22-38(51-48-24-35)37-11-6-7-12-40(37)55/h6-16,21-22,24,27-28,31,36,39,43,54-55H,17-20,23,25-26H2,1-5H3,(H,49,57)(H,50,56)/t28-,36+,39-,43?/m0/s1. The smallest absolute Gasteiger partial charge is 0.246 e. The Bertz CT molecular complexity index is 2280. The molecule has 2 aromatic heterocycles. The highest BCUT2D eigenvalue weighted by atomic mass is 32.1. The normalized spacial score (nSPS) is 18.6. The van der Waals surface area contributed by atoms with Crippen LogP contribution in [-0.4, -0.2) is 97.3 Å². The first-order valence-corrected chi connectivity index (χ1v) is 21.2. The maximum absolute atomic E-state index is 14.2. The fourth-order valence-corrected chi connectivity index (χ4v) is 8.98. The Labute approximate surface area is 349 Å². The Morgan fingerprint density at radius 2 is 1.68 bits per heavy atom. The number of piperidine rings is 1. The molecule has 7 rings (SSSR count). The van der Waals surface area contributed by atoms with Crippen LogP contribution in [0.5, 0.6) is 5.75 Å². The second kappa shape index (κ2) is 17.8. The maximum Gasteiger partial charge on any atom is 0.246 e. The average molecular weight is 816 g/mol. The molecular weight excluding hydrogens is 763 g/mol. The van der Waals surface area contributed by atoms with E-state index in [4.69, 9.17) is 0 Å². The third-order valence-corrected chi connectivity index (χ3v) is 12.5. The van der Waals surface area contributed by atoms with Gasteiger partial charge in [0.05, 0.1) is 46.7 Å². The number of aromatic hydroxyl groups is 1. The number of amides is 3. The molecular formula is C46H53N7O5S. The molecule has 0 bridgehead atoms. The molecule has 4 atom stereocenters. The van der Waals surface area contributed by atoms with Crippen LogP contribution in [-0.2, 0) is 14.4 Å². The molecule has 2 aliphatic heterocycles. The van der Waals surface area contributed by atoms with E-state index in [9.17, 15) is 24.6 Å². The topological polar surface area (TPSA) is 161 Å². The number of β-amino-alcohol motifs (C(OH)–C–C–N with tert-alkyl or cyclic N) is 1. The highest BCUT2D eigenvalue weighted by molar-refractivity contribution is 7.13. The number of rotatable bonds is 11. The number of carbonyl (C=O) groups is 3. The van der Waals surface area contributed by atoms with Gasteiger partial charge in [0.2, 0.25) is 17.7 Å². The van der Waals surface area contributed by atoms with Crippen molar-refractivity contribution in [2.24, 2.45) is 5.41 Å². The van der Waals surface area contributed by atoms with E-state index in [1.165, 1.54) is 10.5 Å². The Morgan fingerprint density at radius 3 is 2.37 bits per heavy atom. The van der Waals surface area contributed by atoms with E-state index in [0.717, 1.165) is 58.8 Å². The van der Waals surface area contributed by atoms with Crippen molar-refractivity contribution >= 4 is 29.1 Å². The minimum Gasteiger partial charge on any atom is -0.507 e. The molecule has 0 radical (unpaired) electrons. The number of likely N-dealkylation sites (tertiary alicyclic amines) is 2. The zero-order valence-corrected chi connectivity index (χ0v) is 35.1. The number of aryl methyl sites for hydroxylation is 1. The summed E-state index contributed by atoms with van der Waals surface area (Å²) in [5.41, 5.74) is 8.48. The van der Waals surface area contributed by atoms with Gasteiger partial charge in [0.1, 0.15) is 17.8 Å². The van der Waals surface area contributed by atoms with E-state index in [1.54, 1.807) is 29.7 Å². The minimum absolute atomic E-state index is 0.0147. The number of hydrogen-bond acceptors (Lipinski definition) is 10. The molecule has 2 fully saturated rings. The number of hydrogen-bond donors (Lipinski definition) is 4. The number of aliphatic hydroxyl groups is 1. The van der Waals surface area contributed by atoms with Gasteiger partial charge in [-0.1, -0.05) is 81.4 Å². The second-order valence-corrected chi connectivity index (χ2v) is 17.8. The van der Waals surface area contributed by atoms with Gasteiger partial charge in [-0.3, -0.25) is 19.3 Å². The van der Waals surface area contributed by atoms with E-state index < -0.39 is 23.6 Å². The summed E-state index contributed by atoms with van der Waals surface area (Å²) in [5.74, 6) is -0.511. The van der Waals surface area contributed by atoms with Gasteiger partial charge in [-0.05, 0) is 91.6 Å². The molecule has 4 N–H and O–H groups in total. The van der Waals surface area contributed by atoms with Gasteiger partial charge in [0, 0.05) is 24.1 Å². The van der Waals surface area contributed by atoms with Crippen molar-refractivity contribution in [3.63, 3.8) is 0 Å². The third-order valence-electron chi connectivity index (χ3n) is 11.5. The van der Waals surface area contributed by atoms with Crippen LogP contribution < -0.4 is 10.6 Å². The van der Waals surface area contributed by atoms with E-state index in [-0.39, 0.29) is 49.0 Å². The highest BCUT2D eigenvalue weighted by Crippen LogP contribution is 2.34. The van der Waals surface area contributed by atoms with Gasteiger partial charge < -0.3 is 25.7 Å². The summed E-state index contributed by atoms with van der Waals surface area (Å²) in [6.45, 7) is 11.2. The van der Waals surface area contributed by atoms with Crippen LogP contribution in [0.1, 0.15) is 75.7 Å². The van der Waals surface area contributed by atoms with Crippen molar-refractivity contribution in [3.05, 3.63) is 107 Å². The van der Waals surface area contributed by atoms with Crippen molar-refractivity contribution in [2.45, 2.75) is 84.0 Å². The van der Waals surface area contributed by atoms with Crippen LogP contribution in [0.4, 0.5) is 0 Å². The van der Waals surface area contributed by atoms with Gasteiger partial charge in [-0.2, -0.15) is 10.2 Å². The summed E-state index contributed by atoms with van der Waals surface area (Å²) in [6, 6.07) is 23.3. The van der Waals surface area contributed by atoms with Crippen molar-refractivity contribution < 1.29 is 24.6 Å². The van der Waals surface area contributed by atoms with Crippen LogP contribution >= 0.6 is 11.3 Å². The lowest BCUT2D eigenvalue weighted by atomic mass is 9.85.